The van der Waals surface area contributed by atoms with E-state index in [2.05, 4.69) is 40.4 Å². The second-order valence-electron chi connectivity index (χ2n) is 8.03. The van der Waals surface area contributed by atoms with Crippen molar-refractivity contribution in [3.05, 3.63) is 58.1 Å². The molecular weight excluding hydrogens is 506 g/mol. The molecule has 9 heteroatoms. The maximum atomic E-state index is 12.9. The van der Waals surface area contributed by atoms with Gasteiger partial charge in [-0.3, -0.25) is 14.9 Å². The number of carbonyl (C=O) groups excluding carboxylic acids is 2. The van der Waals surface area contributed by atoms with E-state index in [1.54, 1.807) is 47.4 Å². The van der Waals surface area contributed by atoms with E-state index in [4.69, 9.17) is 21.7 Å². The van der Waals surface area contributed by atoms with Crippen molar-refractivity contribution in [2.75, 3.05) is 38.2 Å². The van der Waals surface area contributed by atoms with Gasteiger partial charge in [-0.25, -0.2) is 0 Å². The van der Waals surface area contributed by atoms with Crippen LogP contribution in [0.25, 0.3) is 0 Å². The summed E-state index contributed by atoms with van der Waals surface area (Å²) in [7, 11) is 0. The minimum Gasteiger partial charge on any atom is -0.492 e. The summed E-state index contributed by atoms with van der Waals surface area (Å²) in [6.45, 7) is 7.01. The van der Waals surface area contributed by atoms with E-state index in [9.17, 15) is 9.59 Å². The second-order valence-corrected chi connectivity index (χ2v) is 9.30. The Morgan fingerprint density at radius 2 is 1.91 bits per heavy atom. The van der Waals surface area contributed by atoms with Crippen LogP contribution in [0, 0.1) is 5.92 Å². The lowest BCUT2D eigenvalue weighted by atomic mass is 10.1. The number of amides is 2. The number of carbonyl (C=O) groups is 2. The van der Waals surface area contributed by atoms with Crippen molar-refractivity contribution in [3.63, 3.8) is 0 Å². The van der Waals surface area contributed by atoms with E-state index < -0.39 is 0 Å². The van der Waals surface area contributed by atoms with Gasteiger partial charge in [0.05, 0.1) is 35.5 Å². The standard InChI is InChI=1S/C24H28BrN3O4S/c1-16(2)9-12-32-21-8-7-17(15-19(21)25)22(29)27-24(33)26-20-6-4-3-5-18(20)23(30)28-10-13-31-14-11-28/h3-8,15-16H,9-14H2,1-2H3,(H2,26,27,29,33). The topological polar surface area (TPSA) is 79.9 Å². The molecule has 1 aliphatic rings. The van der Waals surface area contributed by atoms with Crippen LogP contribution in [0.2, 0.25) is 0 Å². The van der Waals surface area contributed by atoms with Crippen molar-refractivity contribution < 1.29 is 19.1 Å². The Labute approximate surface area is 207 Å². The van der Waals surface area contributed by atoms with Gasteiger partial charge in [0.2, 0.25) is 0 Å². The molecule has 3 rings (SSSR count). The number of benzene rings is 2. The molecule has 0 spiro atoms. The molecule has 176 valence electrons. The normalized spacial score (nSPS) is 13.5. The van der Waals surface area contributed by atoms with E-state index in [0.717, 1.165) is 6.42 Å². The van der Waals surface area contributed by atoms with E-state index in [-0.39, 0.29) is 16.9 Å². The summed E-state index contributed by atoms with van der Waals surface area (Å²) in [5.41, 5.74) is 1.45. The van der Waals surface area contributed by atoms with Crippen LogP contribution in [0.3, 0.4) is 0 Å². The van der Waals surface area contributed by atoms with Gasteiger partial charge in [0.15, 0.2) is 5.11 Å². The highest BCUT2D eigenvalue weighted by molar-refractivity contribution is 9.10. The summed E-state index contributed by atoms with van der Waals surface area (Å²) < 4.78 is 11.8. The van der Waals surface area contributed by atoms with Gasteiger partial charge >= 0.3 is 0 Å². The molecule has 2 aromatic rings. The lowest BCUT2D eigenvalue weighted by Gasteiger charge is -2.27. The van der Waals surface area contributed by atoms with E-state index in [1.807, 2.05) is 0 Å². The van der Waals surface area contributed by atoms with Crippen molar-refractivity contribution in [2.45, 2.75) is 20.3 Å². The van der Waals surface area contributed by atoms with Crippen molar-refractivity contribution in [2.24, 2.45) is 5.92 Å². The molecule has 2 N–H and O–H groups in total. The molecule has 1 aliphatic heterocycles. The minimum absolute atomic E-state index is 0.104. The number of hydrogen-bond donors (Lipinski definition) is 2. The van der Waals surface area contributed by atoms with Gasteiger partial charge in [0.1, 0.15) is 5.75 Å². The zero-order valence-corrected chi connectivity index (χ0v) is 21.1. The molecule has 2 aromatic carbocycles. The van der Waals surface area contributed by atoms with E-state index >= 15 is 0 Å². The maximum absolute atomic E-state index is 12.9. The average molecular weight is 534 g/mol. The summed E-state index contributed by atoms with van der Waals surface area (Å²) in [6.07, 6.45) is 0.949. The number of rotatable bonds is 7. The number of ether oxygens (including phenoxy) is 2. The van der Waals surface area contributed by atoms with Crippen LogP contribution >= 0.6 is 28.1 Å². The monoisotopic (exact) mass is 533 g/mol. The number of anilines is 1. The predicted octanol–water partition coefficient (Wildman–Crippen LogP) is 4.47. The summed E-state index contributed by atoms with van der Waals surface area (Å²) in [5, 5.41) is 5.76. The Morgan fingerprint density at radius 1 is 1.18 bits per heavy atom. The molecule has 0 radical (unpaired) electrons. The van der Waals surface area contributed by atoms with Crippen molar-refractivity contribution >= 4 is 50.8 Å². The Hall–Kier alpha value is -2.49. The fourth-order valence-electron chi connectivity index (χ4n) is 3.21. The lowest BCUT2D eigenvalue weighted by Crippen LogP contribution is -2.41. The van der Waals surface area contributed by atoms with Gasteiger partial charge in [0, 0.05) is 18.7 Å². The molecule has 0 bridgehead atoms. The molecule has 7 nitrogen and oxygen atoms in total. The Kier molecular flexibility index (Phi) is 9.22. The SMILES string of the molecule is CC(C)CCOc1ccc(C(=O)NC(=S)Nc2ccccc2C(=O)N2CCOCC2)cc1Br. The highest BCUT2D eigenvalue weighted by Crippen LogP contribution is 2.26. The highest BCUT2D eigenvalue weighted by Gasteiger charge is 2.21. The third-order valence-electron chi connectivity index (χ3n) is 5.08. The van der Waals surface area contributed by atoms with Crippen LogP contribution < -0.4 is 15.4 Å². The zero-order chi connectivity index (χ0) is 23.8. The molecule has 0 aromatic heterocycles. The van der Waals surface area contributed by atoms with Gasteiger partial charge in [-0.05, 0) is 70.8 Å². The molecular formula is C24H28BrN3O4S. The molecule has 33 heavy (non-hydrogen) atoms. The number of halogens is 1. The first kappa shape index (κ1) is 25.1. The largest absolute Gasteiger partial charge is 0.492 e. The fourth-order valence-corrected chi connectivity index (χ4v) is 3.90. The molecule has 0 unspecified atom stereocenters. The fraction of sp³-hybridized carbons (Fsp3) is 0.375. The Balaban J connectivity index is 1.61. The third-order valence-corrected chi connectivity index (χ3v) is 5.90. The Morgan fingerprint density at radius 3 is 2.61 bits per heavy atom. The molecule has 2 amide bonds. The Bertz CT molecular complexity index is 1010. The average Bonchev–Trinajstić information content (AvgIpc) is 2.80. The van der Waals surface area contributed by atoms with Crippen LogP contribution in [0.15, 0.2) is 46.9 Å². The number of hydrogen-bond acceptors (Lipinski definition) is 5. The maximum Gasteiger partial charge on any atom is 0.257 e. The van der Waals surface area contributed by atoms with Crippen LogP contribution in [0.5, 0.6) is 5.75 Å². The number of morpholine rings is 1. The first-order valence-corrected chi connectivity index (χ1v) is 12.1. The van der Waals surface area contributed by atoms with Gasteiger partial charge in [-0.2, -0.15) is 0 Å². The molecule has 0 atom stereocenters. The van der Waals surface area contributed by atoms with Crippen molar-refractivity contribution in [3.8, 4) is 5.75 Å². The second kappa shape index (κ2) is 12.1. The van der Waals surface area contributed by atoms with Gasteiger partial charge in [-0.15, -0.1) is 0 Å². The van der Waals surface area contributed by atoms with Crippen molar-refractivity contribution in [1.82, 2.24) is 10.2 Å². The van der Waals surface area contributed by atoms with E-state index in [0.29, 0.717) is 65.9 Å². The minimum atomic E-state index is -0.362. The molecule has 1 fully saturated rings. The third kappa shape index (κ3) is 7.25. The molecule has 1 heterocycles. The van der Waals surface area contributed by atoms with Gasteiger partial charge < -0.3 is 19.7 Å². The summed E-state index contributed by atoms with van der Waals surface area (Å²) in [4.78, 5) is 27.3. The van der Waals surface area contributed by atoms with Gasteiger partial charge in [0.25, 0.3) is 11.8 Å². The predicted molar refractivity (Wildman–Crippen MR) is 136 cm³/mol. The number of para-hydroxylation sites is 1. The smallest absolute Gasteiger partial charge is 0.257 e. The molecule has 0 aliphatic carbocycles. The highest BCUT2D eigenvalue weighted by atomic mass is 79.9. The summed E-state index contributed by atoms with van der Waals surface area (Å²) in [5.74, 6) is 0.770. The number of thiocarbonyl (C=S) groups is 1. The zero-order valence-electron chi connectivity index (χ0n) is 18.7. The lowest BCUT2D eigenvalue weighted by molar-refractivity contribution is 0.0303. The van der Waals surface area contributed by atoms with Crippen LogP contribution in [-0.2, 0) is 4.74 Å². The number of nitrogens with one attached hydrogen (secondary N) is 2. The summed E-state index contributed by atoms with van der Waals surface area (Å²) in [6, 6.07) is 12.2. The first-order chi connectivity index (χ1) is 15.8. The van der Waals surface area contributed by atoms with Crippen LogP contribution in [0.4, 0.5) is 5.69 Å². The molecule has 1 saturated heterocycles. The van der Waals surface area contributed by atoms with Crippen LogP contribution in [0.1, 0.15) is 41.0 Å². The molecule has 0 saturated carbocycles. The first-order valence-electron chi connectivity index (χ1n) is 10.9. The van der Waals surface area contributed by atoms with Crippen molar-refractivity contribution in [1.29, 1.82) is 0 Å². The number of nitrogens with zero attached hydrogens (tertiary/aromatic N) is 1. The summed E-state index contributed by atoms with van der Waals surface area (Å²) >= 11 is 8.79. The van der Waals surface area contributed by atoms with E-state index in [1.165, 1.54) is 0 Å². The quantitative estimate of drug-likeness (QED) is 0.511. The van der Waals surface area contributed by atoms with Crippen LogP contribution in [-0.4, -0.2) is 54.7 Å². The van der Waals surface area contributed by atoms with Gasteiger partial charge in [-0.1, -0.05) is 26.0 Å².